The molecule has 0 aliphatic carbocycles. The van der Waals surface area contributed by atoms with Gasteiger partial charge in [0, 0.05) is 37.6 Å². The van der Waals surface area contributed by atoms with Crippen molar-refractivity contribution in [1.29, 1.82) is 0 Å². The first-order valence-corrected chi connectivity index (χ1v) is 10.1. The number of hydrogen-bond acceptors (Lipinski definition) is 3. The van der Waals surface area contributed by atoms with E-state index in [1.807, 2.05) is 0 Å². The van der Waals surface area contributed by atoms with Crippen LogP contribution in [0, 0.1) is 0 Å². The average molecular weight is 336 g/mol. The van der Waals surface area contributed by atoms with Crippen LogP contribution in [-0.2, 0) is 10.2 Å². The normalized spacial score (nSPS) is 33.8. The van der Waals surface area contributed by atoms with Crippen molar-refractivity contribution in [2.75, 3.05) is 38.6 Å². The highest BCUT2D eigenvalue weighted by molar-refractivity contribution is 7.86. The van der Waals surface area contributed by atoms with E-state index in [9.17, 15) is 8.42 Å². The summed E-state index contributed by atoms with van der Waals surface area (Å²) in [6.45, 7) is 4.21. The van der Waals surface area contributed by atoms with Gasteiger partial charge in [0.25, 0.3) is 10.2 Å². The molecule has 3 aliphatic heterocycles. The van der Waals surface area contributed by atoms with Crippen molar-refractivity contribution in [1.82, 2.24) is 13.5 Å². The Morgan fingerprint density at radius 1 is 0.952 bits per heavy atom. The van der Waals surface area contributed by atoms with Crippen LogP contribution in [0.15, 0.2) is 0 Å². The van der Waals surface area contributed by atoms with Crippen molar-refractivity contribution in [3.63, 3.8) is 0 Å². The maximum absolute atomic E-state index is 12.9. The zero-order valence-electron chi connectivity index (χ0n) is 12.6. The first kappa shape index (κ1) is 16.0. The summed E-state index contributed by atoms with van der Waals surface area (Å²) in [5.74, 6) is 0.405. The number of hydrogen-bond donors (Lipinski definition) is 0. The molecule has 3 heterocycles. The molecule has 3 fully saturated rings. The van der Waals surface area contributed by atoms with Gasteiger partial charge < -0.3 is 0 Å². The number of nitrogens with zero attached hydrogens (tertiary/aromatic N) is 3. The Morgan fingerprint density at radius 3 is 2.38 bits per heavy atom. The van der Waals surface area contributed by atoms with Crippen LogP contribution in [0.1, 0.15) is 38.5 Å². The predicted molar refractivity (Wildman–Crippen MR) is 84.8 cm³/mol. The Morgan fingerprint density at radius 2 is 1.67 bits per heavy atom. The third-order valence-corrected chi connectivity index (χ3v) is 7.57. The molecule has 0 aromatic rings. The molecule has 5 nitrogen and oxygen atoms in total. The first-order chi connectivity index (χ1) is 10.1. The van der Waals surface area contributed by atoms with Crippen LogP contribution >= 0.6 is 11.6 Å². The Kier molecular flexibility index (Phi) is 5.11. The Bertz CT molecular complexity index is 453. The Balaban J connectivity index is 1.67. The number of rotatable bonds is 4. The van der Waals surface area contributed by atoms with E-state index in [1.54, 1.807) is 8.61 Å². The van der Waals surface area contributed by atoms with E-state index >= 15 is 0 Å². The summed E-state index contributed by atoms with van der Waals surface area (Å²) in [7, 11) is -3.33. The summed E-state index contributed by atoms with van der Waals surface area (Å²) in [6.07, 6.45) is 6.41. The summed E-state index contributed by atoms with van der Waals surface area (Å²) in [5, 5.41) is 0. The molecule has 2 atom stereocenters. The third kappa shape index (κ3) is 3.24. The van der Waals surface area contributed by atoms with Crippen LogP contribution in [0.3, 0.4) is 0 Å². The lowest BCUT2D eigenvalue weighted by atomic mass is 10.1. The molecule has 3 aliphatic rings. The van der Waals surface area contributed by atoms with E-state index in [4.69, 9.17) is 11.6 Å². The monoisotopic (exact) mass is 335 g/mol. The fourth-order valence-electron chi connectivity index (χ4n) is 3.91. The van der Waals surface area contributed by atoms with Gasteiger partial charge in [-0.25, -0.2) is 0 Å². The maximum Gasteiger partial charge on any atom is 0.282 e. The van der Waals surface area contributed by atoms with Crippen LogP contribution in [0.25, 0.3) is 0 Å². The molecular formula is C14H26ClN3O2S. The number of halogens is 1. The van der Waals surface area contributed by atoms with Gasteiger partial charge in [0.05, 0.1) is 0 Å². The summed E-state index contributed by atoms with van der Waals surface area (Å²) < 4.78 is 29.1. The minimum absolute atomic E-state index is 0.0174. The SMILES string of the molecule is O=S(=O)(N1CCC(N2CCCC2)C1)N1CCCCC1CCl. The summed E-state index contributed by atoms with van der Waals surface area (Å²) in [5.41, 5.74) is 0. The number of alkyl halides is 1. The second-order valence-electron chi connectivity index (χ2n) is 6.47. The van der Waals surface area contributed by atoms with Gasteiger partial charge in [0.2, 0.25) is 0 Å². The van der Waals surface area contributed by atoms with Crippen molar-refractivity contribution in [3.8, 4) is 0 Å². The average Bonchev–Trinajstić information content (AvgIpc) is 3.17. The van der Waals surface area contributed by atoms with E-state index in [0.29, 0.717) is 31.6 Å². The van der Waals surface area contributed by atoms with Crippen molar-refractivity contribution in [2.45, 2.75) is 50.6 Å². The molecule has 0 spiro atoms. The Hall–Kier alpha value is 0.120. The van der Waals surface area contributed by atoms with Crippen molar-refractivity contribution in [3.05, 3.63) is 0 Å². The van der Waals surface area contributed by atoms with Crippen molar-refractivity contribution >= 4 is 21.8 Å². The lowest BCUT2D eigenvalue weighted by molar-refractivity contribution is 0.235. The molecule has 0 bridgehead atoms. The molecule has 0 saturated carbocycles. The van der Waals surface area contributed by atoms with E-state index < -0.39 is 10.2 Å². The lowest BCUT2D eigenvalue weighted by Gasteiger charge is -2.36. The highest BCUT2D eigenvalue weighted by Crippen LogP contribution is 2.28. The van der Waals surface area contributed by atoms with Gasteiger partial charge >= 0.3 is 0 Å². The van der Waals surface area contributed by atoms with Crippen LogP contribution in [0.5, 0.6) is 0 Å². The van der Waals surface area contributed by atoms with Crippen molar-refractivity contribution in [2.24, 2.45) is 0 Å². The van der Waals surface area contributed by atoms with E-state index in [-0.39, 0.29) is 6.04 Å². The molecule has 122 valence electrons. The van der Waals surface area contributed by atoms with Gasteiger partial charge in [-0.05, 0) is 45.2 Å². The fourth-order valence-corrected chi connectivity index (χ4v) is 6.22. The summed E-state index contributed by atoms with van der Waals surface area (Å²) in [4.78, 5) is 2.46. The van der Waals surface area contributed by atoms with Gasteiger partial charge in [0.15, 0.2) is 0 Å². The van der Waals surface area contributed by atoms with Crippen molar-refractivity contribution < 1.29 is 8.42 Å². The van der Waals surface area contributed by atoms with Gasteiger partial charge in [-0.2, -0.15) is 17.0 Å². The second kappa shape index (κ2) is 6.71. The minimum Gasteiger partial charge on any atom is -0.299 e. The molecule has 3 saturated heterocycles. The first-order valence-electron chi connectivity index (χ1n) is 8.20. The molecule has 0 aromatic carbocycles. The predicted octanol–water partition coefficient (Wildman–Crippen LogP) is 1.49. The molecular weight excluding hydrogens is 310 g/mol. The molecule has 2 unspecified atom stereocenters. The molecule has 3 rings (SSSR count). The Labute approximate surface area is 133 Å². The van der Waals surface area contributed by atoms with Crippen LogP contribution in [-0.4, -0.2) is 72.6 Å². The van der Waals surface area contributed by atoms with Gasteiger partial charge in [0.1, 0.15) is 0 Å². The molecule has 21 heavy (non-hydrogen) atoms. The summed E-state index contributed by atoms with van der Waals surface area (Å²) in [6, 6.07) is 0.401. The minimum atomic E-state index is -3.33. The summed E-state index contributed by atoms with van der Waals surface area (Å²) >= 11 is 5.99. The number of likely N-dealkylation sites (tertiary alicyclic amines) is 1. The molecule has 7 heteroatoms. The molecule has 0 radical (unpaired) electrons. The smallest absolute Gasteiger partial charge is 0.282 e. The lowest BCUT2D eigenvalue weighted by Crippen LogP contribution is -2.51. The van der Waals surface area contributed by atoms with E-state index in [1.165, 1.54) is 12.8 Å². The third-order valence-electron chi connectivity index (χ3n) is 5.16. The molecule has 0 aromatic heterocycles. The zero-order chi connectivity index (χ0) is 14.9. The number of piperidine rings is 1. The molecule has 0 N–H and O–H groups in total. The highest BCUT2D eigenvalue weighted by Gasteiger charge is 2.41. The van der Waals surface area contributed by atoms with Crippen LogP contribution in [0.4, 0.5) is 0 Å². The van der Waals surface area contributed by atoms with Gasteiger partial charge in [-0.1, -0.05) is 6.42 Å². The maximum atomic E-state index is 12.9. The molecule has 0 amide bonds. The van der Waals surface area contributed by atoms with E-state index in [2.05, 4.69) is 4.90 Å². The second-order valence-corrected chi connectivity index (χ2v) is 8.66. The standard InChI is InChI=1S/C14H26ClN3O2S/c15-11-13-5-1-2-9-18(13)21(19,20)17-10-6-14(12-17)16-7-3-4-8-16/h13-14H,1-12H2. The fraction of sp³-hybridized carbons (Fsp3) is 1.00. The zero-order valence-corrected chi connectivity index (χ0v) is 14.2. The highest BCUT2D eigenvalue weighted by atomic mass is 35.5. The van der Waals surface area contributed by atoms with E-state index in [0.717, 1.165) is 38.8 Å². The largest absolute Gasteiger partial charge is 0.299 e. The quantitative estimate of drug-likeness (QED) is 0.731. The topological polar surface area (TPSA) is 43.9 Å². The van der Waals surface area contributed by atoms with Gasteiger partial charge in [-0.15, -0.1) is 11.6 Å². The van der Waals surface area contributed by atoms with Crippen LogP contribution < -0.4 is 0 Å². The van der Waals surface area contributed by atoms with Crippen LogP contribution in [0.2, 0.25) is 0 Å². The van der Waals surface area contributed by atoms with Gasteiger partial charge in [-0.3, -0.25) is 4.90 Å².